The summed E-state index contributed by atoms with van der Waals surface area (Å²) in [6.07, 6.45) is -0.630. The fourth-order valence-electron chi connectivity index (χ4n) is 2.48. The Morgan fingerprint density at radius 2 is 2.05 bits per heavy atom. The lowest BCUT2D eigenvalue weighted by molar-refractivity contribution is -0.151. The molecule has 2 unspecified atom stereocenters. The molecule has 1 aliphatic carbocycles. The van der Waals surface area contributed by atoms with Crippen LogP contribution in [-0.2, 0) is 11.3 Å². The third-order valence-electron chi connectivity index (χ3n) is 3.55. The average Bonchev–Trinajstić information content (AvgIpc) is 2.37. The van der Waals surface area contributed by atoms with Crippen molar-refractivity contribution in [3.8, 4) is 0 Å². The van der Waals surface area contributed by atoms with Gasteiger partial charge in [0, 0.05) is 25.4 Å². The molecule has 19 heavy (non-hydrogen) atoms. The van der Waals surface area contributed by atoms with Gasteiger partial charge in [-0.2, -0.15) is 0 Å². The Hall–Kier alpha value is -1.49. The number of carboxylic acids is 1. The zero-order chi connectivity index (χ0) is 13.9. The molecule has 2 rings (SSSR count). The summed E-state index contributed by atoms with van der Waals surface area (Å²) in [5.74, 6) is -5.02. The second-order valence-electron chi connectivity index (χ2n) is 5.02. The summed E-state index contributed by atoms with van der Waals surface area (Å²) in [5.41, 5.74) is 1.02. The van der Waals surface area contributed by atoms with Gasteiger partial charge in [0.2, 0.25) is 5.92 Å². The third kappa shape index (κ3) is 3.73. The highest BCUT2D eigenvalue weighted by molar-refractivity contribution is 5.71. The molecule has 0 spiro atoms. The second kappa shape index (κ2) is 5.65. The second-order valence-corrected chi connectivity index (χ2v) is 5.02. The molecule has 0 aromatic heterocycles. The van der Waals surface area contributed by atoms with E-state index in [9.17, 15) is 13.6 Å². The van der Waals surface area contributed by atoms with Crippen LogP contribution in [0.25, 0.3) is 0 Å². The van der Waals surface area contributed by atoms with Crippen LogP contribution in [0.1, 0.15) is 24.8 Å². The maximum Gasteiger partial charge on any atom is 0.308 e. The number of carbonyl (C=O) groups is 1. The van der Waals surface area contributed by atoms with Gasteiger partial charge >= 0.3 is 5.97 Å². The molecular weight excluding hydrogens is 252 g/mol. The molecule has 0 radical (unpaired) electrons. The number of aliphatic carboxylic acids is 1. The summed E-state index contributed by atoms with van der Waals surface area (Å²) in [6.45, 7) is 0.501. The Labute approximate surface area is 110 Å². The van der Waals surface area contributed by atoms with E-state index in [1.54, 1.807) is 0 Å². The maximum atomic E-state index is 13.3. The first kappa shape index (κ1) is 13.9. The number of rotatable bonds is 4. The largest absolute Gasteiger partial charge is 0.481 e. The fraction of sp³-hybridized carbons (Fsp3) is 0.500. The Bertz CT molecular complexity index is 436. The highest BCUT2D eigenvalue weighted by atomic mass is 19.3. The molecule has 0 saturated heterocycles. The fourth-order valence-corrected chi connectivity index (χ4v) is 2.48. The van der Waals surface area contributed by atoms with Crippen molar-refractivity contribution in [2.75, 3.05) is 0 Å². The lowest BCUT2D eigenvalue weighted by Crippen LogP contribution is -2.47. The average molecular weight is 269 g/mol. The molecule has 0 aliphatic heterocycles. The summed E-state index contributed by atoms with van der Waals surface area (Å²) >= 11 is 0. The van der Waals surface area contributed by atoms with E-state index in [2.05, 4.69) is 5.32 Å². The molecule has 104 valence electrons. The van der Waals surface area contributed by atoms with Crippen LogP contribution in [-0.4, -0.2) is 23.0 Å². The van der Waals surface area contributed by atoms with Crippen molar-refractivity contribution < 1.29 is 18.7 Å². The number of hydrogen-bond acceptors (Lipinski definition) is 2. The molecular formula is C14H17F2NO2. The van der Waals surface area contributed by atoms with Gasteiger partial charge < -0.3 is 10.4 Å². The maximum absolute atomic E-state index is 13.3. The molecule has 5 heteroatoms. The first-order valence-corrected chi connectivity index (χ1v) is 6.36. The standard InChI is InChI=1S/C14H17F2NO2/c15-14(16)7-6-12(11(8-14)13(18)19)17-9-10-4-2-1-3-5-10/h1-5,11-12,17H,6-9H2,(H,18,19). The van der Waals surface area contributed by atoms with Crippen LogP contribution in [0.3, 0.4) is 0 Å². The molecule has 1 fully saturated rings. The van der Waals surface area contributed by atoms with Crippen LogP contribution in [0.5, 0.6) is 0 Å². The highest BCUT2D eigenvalue weighted by Gasteiger charge is 2.44. The van der Waals surface area contributed by atoms with Crippen LogP contribution in [0.2, 0.25) is 0 Å². The molecule has 2 N–H and O–H groups in total. The minimum atomic E-state index is -2.85. The summed E-state index contributed by atoms with van der Waals surface area (Å²) in [7, 11) is 0. The van der Waals surface area contributed by atoms with E-state index in [0.29, 0.717) is 6.54 Å². The Kier molecular flexibility index (Phi) is 4.14. The van der Waals surface area contributed by atoms with Gasteiger partial charge in [-0.25, -0.2) is 8.78 Å². The molecule has 0 heterocycles. The lowest BCUT2D eigenvalue weighted by atomic mass is 9.82. The Morgan fingerprint density at radius 1 is 1.37 bits per heavy atom. The first-order valence-electron chi connectivity index (χ1n) is 6.36. The van der Waals surface area contributed by atoms with Crippen molar-refractivity contribution in [2.45, 2.75) is 37.8 Å². The minimum Gasteiger partial charge on any atom is -0.481 e. The number of alkyl halides is 2. The number of carboxylic acid groups (broad SMARTS) is 1. The molecule has 1 saturated carbocycles. The third-order valence-corrected chi connectivity index (χ3v) is 3.55. The lowest BCUT2D eigenvalue weighted by Gasteiger charge is -2.34. The predicted octanol–water partition coefficient (Wildman–Crippen LogP) is 2.66. The molecule has 1 aliphatic rings. The van der Waals surface area contributed by atoms with Gasteiger partial charge in [-0.05, 0) is 12.0 Å². The van der Waals surface area contributed by atoms with E-state index in [4.69, 9.17) is 5.11 Å². The van der Waals surface area contributed by atoms with Crippen molar-refractivity contribution in [1.82, 2.24) is 5.32 Å². The van der Waals surface area contributed by atoms with E-state index in [-0.39, 0.29) is 12.8 Å². The number of nitrogens with one attached hydrogen (secondary N) is 1. The van der Waals surface area contributed by atoms with Crippen molar-refractivity contribution in [3.05, 3.63) is 35.9 Å². The van der Waals surface area contributed by atoms with Crippen LogP contribution in [0, 0.1) is 5.92 Å². The van der Waals surface area contributed by atoms with Gasteiger partial charge in [-0.15, -0.1) is 0 Å². The highest BCUT2D eigenvalue weighted by Crippen LogP contribution is 2.37. The zero-order valence-corrected chi connectivity index (χ0v) is 10.5. The van der Waals surface area contributed by atoms with Crippen LogP contribution in [0.4, 0.5) is 8.78 Å². The predicted molar refractivity (Wildman–Crippen MR) is 67.0 cm³/mol. The van der Waals surface area contributed by atoms with Crippen LogP contribution in [0.15, 0.2) is 30.3 Å². The van der Waals surface area contributed by atoms with Gasteiger partial charge in [-0.1, -0.05) is 30.3 Å². The van der Waals surface area contributed by atoms with E-state index in [0.717, 1.165) is 5.56 Å². The van der Waals surface area contributed by atoms with Crippen molar-refractivity contribution >= 4 is 5.97 Å². The number of hydrogen-bond donors (Lipinski definition) is 2. The molecule has 0 amide bonds. The number of benzene rings is 1. The molecule has 0 bridgehead atoms. The Balaban J connectivity index is 1.97. The molecule has 1 aromatic carbocycles. The van der Waals surface area contributed by atoms with Crippen molar-refractivity contribution in [1.29, 1.82) is 0 Å². The van der Waals surface area contributed by atoms with E-state index in [1.165, 1.54) is 0 Å². The van der Waals surface area contributed by atoms with Crippen LogP contribution >= 0.6 is 0 Å². The summed E-state index contributed by atoms with van der Waals surface area (Å²) in [6, 6.07) is 9.12. The normalized spacial score (nSPS) is 26.0. The van der Waals surface area contributed by atoms with Crippen molar-refractivity contribution in [2.24, 2.45) is 5.92 Å². The molecule has 1 aromatic rings. The van der Waals surface area contributed by atoms with E-state index < -0.39 is 30.3 Å². The topological polar surface area (TPSA) is 49.3 Å². The SMILES string of the molecule is O=C(O)C1CC(F)(F)CCC1NCc1ccccc1. The van der Waals surface area contributed by atoms with Gasteiger partial charge in [0.05, 0.1) is 5.92 Å². The Morgan fingerprint density at radius 3 is 2.68 bits per heavy atom. The van der Waals surface area contributed by atoms with Gasteiger partial charge in [0.25, 0.3) is 0 Å². The monoisotopic (exact) mass is 269 g/mol. The summed E-state index contributed by atoms with van der Waals surface area (Å²) in [4.78, 5) is 11.1. The summed E-state index contributed by atoms with van der Waals surface area (Å²) < 4.78 is 26.5. The van der Waals surface area contributed by atoms with Gasteiger partial charge in [0.1, 0.15) is 0 Å². The summed E-state index contributed by atoms with van der Waals surface area (Å²) in [5, 5.41) is 12.2. The molecule has 3 nitrogen and oxygen atoms in total. The molecule has 2 atom stereocenters. The van der Waals surface area contributed by atoms with Gasteiger partial charge in [0.15, 0.2) is 0 Å². The quantitative estimate of drug-likeness (QED) is 0.883. The van der Waals surface area contributed by atoms with E-state index in [1.807, 2.05) is 30.3 Å². The van der Waals surface area contributed by atoms with Crippen LogP contribution < -0.4 is 5.32 Å². The van der Waals surface area contributed by atoms with Crippen molar-refractivity contribution in [3.63, 3.8) is 0 Å². The number of halogens is 2. The minimum absolute atomic E-state index is 0.191. The zero-order valence-electron chi connectivity index (χ0n) is 10.5. The van der Waals surface area contributed by atoms with E-state index >= 15 is 0 Å². The smallest absolute Gasteiger partial charge is 0.308 e. The van der Waals surface area contributed by atoms with Gasteiger partial charge in [-0.3, -0.25) is 4.79 Å². The first-order chi connectivity index (χ1) is 8.98.